The smallest absolute Gasteiger partial charge is 0.349 e. The van der Waals surface area contributed by atoms with Gasteiger partial charge in [-0.15, -0.1) is 0 Å². The van der Waals surface area contributed by atoms with Crippen LogP contribution in [0.3, 0.4) is 0 Å². The lowest BCUT2D eigenvalue weighted by Crippen LogP contribution is -2.24. The van der Waals surface area contributed by atoms with E-state index in [9.17, 15) is 4.79 Å². The summed E-state index contributed by atoms with van der Waals surface area (Å²) in [5, 5.41) is 23.5. The summed E-state index contributed by atoms with van der Waals surface area (Å²) in [4.78, 5) is 10.5. The molecule has 0 amide bonds. The Hall–Kier alpha value is -1.19. The fraction of sp³-hybridized carbons (Fsp3) is 0.700. The Balaban J connectivity index is 4.22. The molecule has 1 atom stereocenters. The maximum atomic E-state index is 10.5. The summed E-state index contributed by atoms with van der Waals surface area (Å²) < 4.78 is 0. The second-order valence-corrected chi connectivity index (χ2v) is 3.38. The van der Waals surface area contributed by atoms with Crippen LogP contribution in [0.2, 0.25) is 0 Å². The molecule has 0 saturated carbocycles. The van der Waals surface area contributed by atoms with Crippen LogP contribution >= 0.6 is 0 Å². The number of carboxylic acid groups (broad SMARTS) is 1. The molecule has 14 heavy (non-hydrogen) atoms. The van der Waals surface area contributed by atoms with Gasteiger partial charge < -0.3 is 10.5 Å². The highest BCUT2D eigenvalue weighted by molar-refractivity contribution is 6.35. The largest absolute Gasteiger partial charge is 0.477 e. The van der Waals surface area contributed by atoms with Crippen molar-refractivity contribution in [2.45, 2.75) is 39.5 Å². The Labute approximate surface area is 84.4 Å². The summed E-state index contributed by atoms with van der Waals surface area (Å²) in [5.41, 5.74) is 0.277. The van der Waals surface area contributed by atoms with Gasteiger partial charge in [0, 0.05) is 11.6 Å². The highest BCUT2D eigenvalue weighted by Gasteiger charge is 2.19. The average molecular weight is 198 g/mol. The molecule has 3 N–H and O–H groups in total. The van der Waals surface area contributed by atoms with Crippen molar-refractivity contribution in [3.05, 3.63) is 0 Å². The van der Waals surface area contributed by atoms with Gasteiger partial charge in [0.25, 0.3) is 0 Å². The maximum absolute atomic E-state index is 10.5. The average Bonchev–Trinajstić information content (AvgIpc) is 2.13. The zero-order valence-corrected chi connectivity index (χ0v) is 8.76. The van der Waals surface area contributed by atoms with Crippen LogP contribution in [-0.2, 0) is 4.79 Å². The molecule has 0 spiro atoms. The van der Waals surface area contributed by atoms with Gasteiger partial charge in [0.05, 0.1) is 0 Å². The highest BCUT2D eigenvalue weighted by Crippen LogP contribution is 2.12. The van der Waals surface area contributed by atoms with Gasteiger partial charge in [-0.2, -0.15) is 0 Å². The number of nitrogens with one attached hydrogen (secondary N) is 2. The predicted molar refractivity (Wildman–Crippen MR) is 56.4 cm³/mol. The van der Waals surface area contributed by atoms with Gasteiger partial charge in [0.2, 0.25) is 0 Å². The van der Waals surface area contributed by atoms with Crippen LogP contribution in [0.1, 0.15) is 39.5 Å². The molecule has 0 heterocycles. The molecule has 0 aromatic rings. The summed E-state index contributed by atoms with van der Waals surface area (Å²) in [6.45, 7) is 3.83. The normalized spacial score (nSPS) is 12.1. The molecule has 0 bridgehead atoms. The number of hydrogen-bond donors (Lipinski definition) is 3. The van der Waals surface area contributed by atoms with E-state index in [1.165, 1.54) is 0 Å². The summed E-state index contributed by atoms with van der Waals surface area (Å²) >= 11 is 0. The summed E-state index contributed by atoms with van der Waals surface area (Å²) in [5.74, 6) is -1.47. The number of hydrogen-bond acceptors (Lipinski definition) is 3. The minimum Gasteiger partial charge on any atom is -0.477 e. The standard InChI is InChI=1S/C10H18N2O2/c1-3-5-8(11)6-7(4-2)9(12)10(13)14/h7,11-12H,3-6H2,1-2H3,(H,13,14). The molecule has 0 aliphatic heterocycles. The lowest BCUT2D eigenvalue weighted by Gasteiger charge is -2.13. The molecule has 4 nitrogen and oxygen atoms in total. The summed E-state index contributed by atoms with van der Waals surface area (Å²) in [7, 11) is 0. The van der Waals surface area contributed by atoms with Crippen LogP contribution in [0.5, 0.6) is 0 Å². The second kappa shape index (κ2) is 6.29. The monoisotopic (exact) mass is 198 g/mol. The first-order valence-corrected chi connectivity index (χ1v) is 4.90. The van der Waals surface area contributed by atoms with Crippen molar-refractivity contribution in [3.63, 3.8) is 0 Å². The summed E-state index contributed by atoms with van der Waals surface area (Å²) in [6.07, 6.45) is 2.62. The predicted octanol–water partition coefficient (Wildman–Crippen LogP) is 2.33. The van der Waals surface area contributed by atoms with E-state index in [0.29, 0.717) is 25.0 Å². The van der Waals surface area contributed by atoms with Gasteiger partial charge >= 0.3 is 5.97 Å². The van der Waals surface area contributed by atoms with Gasteiger partial charge in [-0.1, -0.05) is 20.3 Å². The van der Waals surface area contributed by atoms with E-state index in [1.54, 1.807) is 0 Å². The van der Waals surface area contributed by atoms with E-state index >= 15 is 0 Å². The van der Waals surface area contributed by atoms with Crippen LogP contribution in [0.25, 0.3) is 0 Å². The Morgan fingerprint density at radius 1 is 1.36 bits per heavy atom. The number of aliphatic carboxylic acids is 1. The lowest BCUT2D eigenvalue weighted by atomic mass is 9.92. The van der Waals surface area contributed by atoms with Gasteiger partial charge in [0.1, 0.15) is 5.71 Å². The minimum atomic E-state index is -1.17. The van der Waals surface area contributed by atoms with E-state index in [2.05, 4.69) is 0 Å². The van der Waals surface area contributed by atoms with Crippen LogP contribution in [0.4, 0.5) is 0 Å². The quantitative estimate of drug-likeness (QED) is 0.548. The fourth-order valence-corrected chi connectivity index (χ4v) is 1.33. The van der Waals surface area contributed by atoms with Crippen molar-refractivity contribution in [3.8, 4) is 0 Å². The molecule has 0 rings (SSSR count). The Bertz CT molecular complexity index is 236. The first-order chi connectivity index (χ1) is 6.52. The number of carbonyl (C=O) groups is 1. The Kier molecular flexibility index (Phi) is 5.76. The van der Waals surface area contributed by atoms with Crippen LogP contribution in [-0.4, -0.2) is 22.5 Å². The zero-order chi connectivity index (χ0) is 11.1. The SMILES string of the molecule is CCCC(=N)CC(CC)C(=N)C(=O)O. The van der Waals surface area contributed by atoms with Crippen molar-refractivity contribution >= 4 is 17.4 Å². The molecule has 1 unspecified atom stereocenters. The van der Waals surface area contributed by atoms with Crippen LogP contribution in [0.15, 0.2) is 0 Å². The van der Waals surface area contributed by atoms with Crippen molar-refractivity contribution in [1.82, 2.24) is 0 Å². The number of rotatable bonds is 7. The zero-order valence-electron chi connectivity index (χ0n) is 8.76. The molecule has 80 valence electrons. The molecule has 0 aromatic heterocycles. The third kappa shape index (κ3) is 4.16. The molecule has 0 radical (unpaired) electrons. The van der Waals surface area contributed by atoms with Crippen molar-refractivity contribution in [2.24, 2.45) is 5.92 Å². The molecule has 0 fully saturated rings. The summed E-state index contributed by atoms with van der Waals surface area (Å²) in [6, 6.07) is 0. The van der Waals surface area contributed by atoms with E-state index in [1.807, 2.05) is 13.8 Å². The van der Waals surface area contributed by atoms with Crippen molar-refractivity contribution in [2.75, 3.05) is 0 Å². The van der Waals surface area contributed by atoms with Gasteiger partial charge in [-0.25, -0.2) is 4.79 Å². The Morgan fingerprint density at radius 2 is 1.93 bits per heavy atom. The lowest BCUT2D eigenvalue weighted by molar-refractivity contribution is -0.129. The first-order valence-electron chi connectivity index (χ1n) is 4.90. The fourth-order valence-electron chi connectivity index (χ4n) is 1.33. The second-order valence-electron chi connectivity index (χ2n) is 3.38. The van der Waals surface area contributed by atoms with E-state index < -0.39 is 5.97 Å². The molecule has 0 aliphatic carbocycles. The van der Waals surface area contributed by atoms with Crippen molar-refractivity contribution < 1.29 is 9.90 Å². The molecule has 0 aromatic carbocycles. The minimum absolute atomic E-state index is 0.270. The molecular formula is C10H18N2O2. The number of carboxylic acids is 1. The third-order valence-electron chi connectivity index (χ3n) is 2.18. The molecule has 4 heteroatoms. The van der Waals surface area contributed by atoms with Crippen LogP contribution in [0, 0.1) is 16.7 Å². The molecule has 0 aliphatic rings. The first kappa shape index (κ1) is 12.8. The van der Waals surface area contributed by atoms with E-state index in [4.69, 9.17) is 15.9 Å². The van der Waals surface area contributed by atoms with E-state index in [-0.39, 0.29) is 11.6 Å². The molecule has 0 saturated heterocycles. The topological polar surface area (TPSA) is 85.0 Å². The van der Waals surface area contributed by atoms with Gasteiger partial charge in [-0.3, -0.25) is 5.41 Å². The van der Waals surface area contributed by atoms with Crippen molar-refractivity contribution in [1.29, 1.82) is 10.8 Å². The van der Waals surface area contributed by atoms with E-state index in [0.717, 1.165) is 6.42 Å². The Morgan fingerprint density at radius 3 is 2.29 bits per heavy atom. The van der Waals surface area contributed by atoms with Gasteiger partial charge in [0.15, 0.2) is 0 Å². The van der Waals surface area contributed by atoms with Gasteiger partial charge in [-0.05, 0) is 19.3 Å². The molecular weight excluding hydrogens is 180 g/mol. The third-order valence-corrected chi connectivity index (χ3v) is 2.18. The maximum Gasteiger partial charge on any atom is 0.349 e. The highest BCUT2D eigenvalue weighted by atomic mass is 16.4. The van der Waals surface area contributed by atoms with Crippen LogP contribution < -0.4 is 0 Å².